The zero-order chi connectivity index (χ0) is 13.4. The van der Waals surface area contributed by atoms with Crippen molar-refractivity contribution in [1.29, 1.82) is 0 Å². The smallest absolute Gasteiger partial charge is 0.111 e. The van der Waals surface area contributed by atoms with Gasteiger partial charge in [0.25, 0.3) is 0 Å². The Balaban J connectivity index is 2.73. The fourth-order valence-corrected chi connectivity index (χ4v) is 1.42. The van der Waals surface area contributed by atoms with Crippen LogP contribution in [0, 0.1) is 0 Å². The lowest BCUT2D eigenvalue weighted by molar-refractivity contribution is 1.04. The third-order valence-corrected chi connectivity index (χ3v) is 2.28. The number of aromatic amines is 1. The van der Waals surface area contributed by atoms with Gasteiger partial charge in [-0.15, -0.1) is 0 Å². The van der Waals surface area contributed by atoms with Crippen LogP contribution in [0.3, 0.4) is 0 Å². The molecular formula is C14H20N4. The van der Waals surface area contributed by atoms with E-state index in [1.165, 1.54) is 0 Å². The molecule has 0 atom stereocenters. The number of rotatable bonds is 5. The van der Waals surface area contributed by atoms with Gasteiger partial charge in [-0.1, -0.05) is 37.0 Å². The van der Waals surface area contributed by atoms with E-state index < -0.39 is 0 Å². The molecule has 0 saturated carbocycles. The molecule has 18 heavy (non-hydrogen) atoms. The molecule has 0 saturated heterocycles. The normalized spacial score (nSPS) is 12.6. The van der Waals surface area contributed by atoms with Crippen LogP contribution in [0.25, 0.3) is 12.7 Å². The molecular weight excluding hydrogens is 224 g/mol. The first-order valence-electron chi connectivity index (χ1n) is 5.86. The molecule has 0 aliphatic heterocycles. The van der Waals surface area contributed by atoms with Gasteiger partial charge in [-0.05, 0) is 19.4 Å². The molecule has 0 spiro atoms. The van der Waals surface area contributed by atoms with Crippen molar-refractivity contribution in [2.45, 2.75) is 19.8 Å². The Morgan fingerprint density at radius 3 is 2.83 bits per heavy atom. The molecule has 0 amide bonds. The molecule has 0 unspecified atom stereocenters. The van der Waals surface area contributed by atoms with Crippen molar-refractivity contribution >= 4 is 12.7 Å². The van der Waals surface area contributed by atoms with E-state index in [2.05, 4.69) is 22.6 Å². The summed E-state index contributed by atoms with van der Waals surface area (Å²) in [6, 6.07) is 0. The van der Waals surface area contributed by atoms with E-state index in [0.29, 0.717) is 12.2 Å². The molecule has 1 aromatic heterocycles. The minimum Gasteiger partial charge on any atom is -0.386 e. The van der Waals surface area contributed by atoms with Crippen LogP contribution in [0.15, 0.2) is 36.2 Å². The van der Waals surface area contributed by atoms with Crippen molar-refractivity contribution in [3.63, 3.8) is 0 Å². The molecule has 0 aliphatic rings. The molecule has 1 heterocycles. The summed E-state index contributed by atoms with van der Waals surface area (Å²) in [5, 5.41) is 1.75. The van der Waals surface area contributed by atoms with E-state index in [1.807, 2.05) is 31.2 Å². The largest absolute Gasteiger partial charge is 0.386 e. The van der Waals surface area contributed by atoms with E-state index in [-0.39, 0.29) is 0 Å². The number of nitrogens with two attached hydrogens (primary N) is 2. The molecule has 96 valence electrons. The SMILES string of the molecule is C=c1[nH]c(C/C=C\C=C(N)N)n/c1=C/C/C=C\C. The lowest BCUT2D eigenvalue weighted by atomic mass is 10.3. The maximum Gasteiger partial charge on any atom is 0.111 e. The van der Waals surface area contributed by atoms with E-state index >= 15 is 0 Å². The summed E-state index contributed by atoms with van der Waals surface area (Å²) in [6.07, 6.45) is 13.1. The monoisotopic (exact) mass is 244 g/mol. The van der Waals surface area contributed by atoms with Crippen LogP contribution in [0.4, 0.5) is 0 Å². The highest BCUT2D eigenvalue weighted by Gasteiger charge is 1.94. The van der Waals surface area contributed by atoms with Gasteiger partial charge in [0.15, 0.2) is 0 Å². The minimum atomic E-state index is 0.295. The van der Waals surface area contributed by atoms with Crippen LogP contribution in [-0.4, -0.2) is 9.97 Å². The second-order valence-corrected chi connectivity index (χ2v) is 3.86. The minimum absolute atomic E-state index is 0.295. The second kappa shape index (κ2) is 7.17. The third kappa shape index (κ3) is 4.74. The first-order chi connectivity index (χ1) is 8.63. The van der Waals surface area contributed by atoms with Gasteiger partial charge in [0.1, 0.15) is 5.82 Å². The number of nitrogens with one attached hydrogen (secondary N) is 1. The molecule has 0 aliphatic carbocycles. The summed E-state index contributed by atoms with van der Waals surface area (Å²) in [6.45, 7) is 5.92. The summed E-state index contributed by atoms with van der Waals surface area (Å²) in [7, 11) is 0. The van der Waals surface area contributed by atoms with Crippen LogP contribution in [0.1, 0.15) is 19.2 Å². The van der Waals surface area contributed by atoms with Gasteiger partial charge >= 0.3 is 0 Å². The lowest BCUT2D eigenvalue weighted by Gasteiger charge is -1.87. The maximum absolute atomic E-state index is 5.31. The Hall–Kier alpha value is -2.23. The van der Waals surface area contributed by atoms with Crippen molar-refractivity contribution in [2.24, 2.45) is 11.5 Å². The summed E-state index contributed by atoms with van der Waals surface area (Å²) >= 11 is 0. The molecule has 0 aromatic carbocycles. The predicted octanol–water partition coefficient (Wildman–Crippen LogP) is 0.424. The fraction of sp³-hybridized carbons (Fsp3) is 0.214. The van der Waals surface area contributed by atoms with Crippen molar-refractivity contribution in [3.05, 3.63) is 52.7 Å². The number of nitrogens with zero attached hydrogens (tertiary/aromatic N) is 1. The standard InChI is InChI=1S/C14H20N4/c1-3-4-5-8-12-11(2)17-14(18-12)10-7-6-9-13(15)16/h3-4,6-9H,2,5,10,15-16H2,1H3,(H,17,18)/b4-3-,7-6-,12-8+. The van der Waals surface area contributed by atoms with Crippen molar-refractivity contribution < 1.29 is 0 Å². The van der Waals surface area contributed by atoms with Crippen LogP contribution >= 0.6 is 0 Å². The van der Waals surface area contributed by atoms with Crippen molar-refractivity contribution in [2.75, 3.05) is 0 Å². The van der Waals surface area contributed by atoms with Crippen LogP contribution < -0.4 is 22.2 Å². The Morgan fingerprint density at radius 2 is 2.17 bits per heavy atom. The lowest BCUT2D eigenvalue weighted by Crippen LogP contribution is -2.22. The number of H-pyrrole nitrogens is 1. The summed E-state index contributed by atoms with van der Waals surface area (Å²) in [5.74, 6) is 1.18. The van der Waals surface area contributed by atoms with Gasteiger partial charge in [-0.2, -0.15) is 0 Å². The van der Waals surface area contributed by atoms with Crippen LogP contribution in [0.2, 0.25) is 0 Å². The highest BCUT2D eigenvalue weighted by molar-refractivity contribution is 5.24. The zero-order valence-electron chi connectivity index (χ0n) is 10.7. The first kappa shape index (κ1) is 13.8. The molecule has 4 nitrogen and oxygen atoms in total. The molecule has 5 N–H and O–H groups in total. The maximum atomic E-state index is 5.31. The molecule has 1 aromatic rings. The molecule has 1 rings (SSSR count). The topological polar surface area (TPSA) is 80.7 Å². The second-order valence-electron chi connectivity index (χ2n) is 3.86. The van der Waals surface area contributed by atoms with E-state index in [4.69, 9.17) is 11.5 Å². The average molecular weight is 244 g/mol. The summed E-state index contributed by atoms with van der Waals surface area (Å²) < 4.78 is 0. The Labute approximate surface area is 107 Å². The number of hydrogen-bond acceptors (Lipinski definition) is 3. The fourth-order valence-electron chi connectivity index (χ4n) is 1.42. The Kier molecular flexibility index (Phi) is 5.51. The number of allylic oxidation sites excluding steroid dienone is 5. The van der Waals surface area contributed by atoms with Gasteiger partial charge < -0.3 is 16.5 Å². The van der Waals surface area contributed by atoms with Gasteiger partial charge in [-0.3, -0.25) is 0 Å². The van der Waals surface area contributed by atoms with Gasteiger partial charge in [-0.25, -0.2) is 4.98 Å². The quantitative estimate of drug-likeness (QED) is 0.519. The Morgan fingerprint density at radius 1 is 1.39 bits per heavy atom. The average Bonchev–Trinajstić information content (AvgIpc) is 2.66. The van der Waals surface area contributed by atoms with E-state index in [9.17, 15) is 0 Å². The molecule has 0 radical (unpaired) electrons. The van der Waals surface area contributed by atoms with E-state index in [1.54, 1.807) is 6.08 Å². The molecule has 4 heteroatoms. The van der Waals surface area contributed by atoms with Crippen molar-refractivity contribution in [1.82, 2.24) is 9.97 Å². The predicted molar refractivity (Wildman–Crippen MR) is 76.6 cm³/mol. The highest BCUT2D eigenvalue weighted by atomic mass is 14.9. The highest BCUT2D eigenvalue weighted by Crippen LogP contribution is 1.88. The van der Waals surface area contributed by atoms with Crippen LogP contribution in [-0.2, 0) is 6.42 Å². The third-order valence-electron chi connectivity index (χ3n) is 2.28. The zero-order valence-corrected chi connectivity index (χ0v) is 10.7. The summed E-state index contributed by atoms with van der Waals surface area (Å²) in [5.41, 5.74) is 10.6. The number of hydrogen-bond donors (Lipinski definition) is 3. The van der Waals surface area contributed by atoms with Crippen molar-refractivity contribution in [3.8, 4) is 0 Å². The van der Waals surface area contributed by atoms with Crippen LogP contribution in [0.5, 0.6) is 0 Å². The van der Waals surface area contributed by atoms with Gasteiger partial charge in [0, 0.05) is 6.42 Å². The first-order valence-corrected chi connectivity index (χ1v) is 5.86. The molecule has 0 bridgehead atoms. The van der Waals surface area contributed by atoms with Gasteiger partial charge in [0.05, 0.1) is 16.5 Å². The number of aromatic nitrogens is 2. The van der Waals surface area contributed by atoms with Gasteiger partial charge in [0.2, 0.25) is 0 Å². The molecule has 0 fully saturated rings. The number of imidazole rings is 1. The van der Waals surface area contributed by atoms with E-state index in [0.717, 1.165) is 22.9 Å². The summed E-state index contributed by atoms with van der Waals surface area (Å²) in [4.78, 5) is 7.60. The Bertz CT molecular complexity index is 557.